The van der Waals surface area contributed by atoms with E-state index in [2.05, 4.69) is 49.4 Å². The molecule has 1 aromatic rings. The van der Waals surface area contributed by atoms with E-state index in [1.165, 1.54) is 0 Å². The van der Waals surface area contributed by atoms with Crippen LogP contribution in [0.15, 0.2) is 0 Å². The first-order chi connectivity index (χ1) is 6.32. The molecule has 1 rings (SSSR count). The predicted octanol–water partition coefficient (Wildman–Crippen LogP) is 2.54. The van der Waals surface area contributed by atoms with Crippen LogP contribution in [-0.4, -0.2) is 14.8 Å². The lowest BCUT2D eigenvalue weighted by atomic mass is 9.95. The summed E-state index contributed by atoms with van der Waals surface area (Å²) in [5.41, 5.74) is 0.0795. The van der Waals surface area contributed by atoms with Crippen molar-refractivity contribution in [3.63, 3.8) is 0 Å². The van der Waals surface area contributed by atoms with Crippen molar-refractivity contribution in [2.75, 3.05) is 0 Å². The Hall–Kier alpha value is -0.860. The van der Waals surface area contributed by atoms with Crippen LogP contribution in [0, 0.1) is 12.8 Å². The smallest absolute Gasteiger partial charge is 0.138 e. The first-order valence-corrected chi connectivity index (χ1v) is 5.22. The summed E-state index contributed by atoms with van der Waals surface area (Å²) < 4.78 is 2.23. The van der Waals surface area contributed by atoms with E-state index in [1.54, 1.807) is 0 Å². The molecule has 3 heteroatoms. The number of hydrogen-bond donors (Lipinski definition) is 0. The SMILES string of the molecule is Cc1nnc(C(C)(C)C)n1CC(C)C. The van der Waals surface area contributed by atoms with Gasteiger partial charge >= 0.3 is 0 Å². The van der Waals surface area contributed by atoms with Crippen LogP contribution in [0.25, 0.3) is 0 Å². The Morgan fingerprint density at radius 3 is 2.21 bits per heavy atom. The van der Waals surface area contributed by atoms with Gasteiger partial charge in [-0.2, -0.15) is 0 Å². The van der Waals surface area contributed by atoms with E-state index in [1.807, 2.05) is 6.92 Å². The zero-order chi connectivity index (χ0) is 10.9. The summed E-state index contributed by atoms with van der Waals surface area (Å²) >= 11 is 0. The van der Waals surface area contributed by atoms with Gasteiger partial charge in [-0.1, -0.05) is 34.6 Å². The van der Waals surface area contributed by atoms with Gasteiger partial charge in [0.2, 0.25) is 0 Å². The minimum atomic E-state index is 0.0795. The normalized spacial score (nSPS) is 12.5. The average Bonchev–Trinajstić information content (AvgIpc) is 2.30. The van der Waals surface area contributed by atoms with Gasteiger partial charge in [-0.3, -0.25) is 0 Å². The fourth-order valence-corrected chi connectivity index (χ4v) is 1.52. The second-order valence-corrected chi connectivity index (χ2v) is 5.33. The Morgan fingerprint density at radius 2 is 1.79 bits per heavy atom. The highest BCUT2D eigenvalue weighted by Crippen LogP contribution is 2.21. The molecule has 14 heavy (non-hydrogen) atoms. The molecule has 0 amide bonds. The van der Waals surface area contributed by atoms with Crippen molar-refractivity contribution in [1.29, 1.82) is 0 Å². The Labute approximate surface area is 86.5 Å². The van der Waals surface area contributed by atoms with Crippen molar-refractivity contribution in [2.24, 2.45) is 5.92 Å². The number of aryl methyl sites for hydroxylation is 1. The van der Waals surface area contributed by atoms with Crippen molar-refractivity contribution < 1.29 is 0 Å². The Balaban J connectivity index is 3.06. The second kappa shape index (κ2) is 3.71. The third-order valence-corrected chi connectivity index (χ3v) is 2.15. The van der Waals surface area contributed by atoms with Gasteiger partial charge in [-0.25, -0.2) is 0 Å². The van der Waals surface area contributed by atoms with E-state index in [0.29, 0.717) is 5.92 Å². The van der Waals surface area contributed by atoms with Crippen molar-refractivity contribution in [1.82, 2.24) is 14.8 Å². The van der Waals surface area contributed by atoms with Crippen LogP contribution in [0.3, 0.4) is 0 Å². The monoisotopic (exact) mass is 195 g/mol. The largest absolute Gasteiger partial charge is 0.315 e. The van der Waals surface area contributed by atoms with Crippen molar-refractivity contribution in [3.05, 3.63) is 11.6 Å². The van der Waals surface area contributed by atoms with Crippen LogP contribution in [0.2, 0.25) is 0 Å². The van der Waals surface area contributed by atoms with Crippen LogP contribution < -0.4 is 0 Å². The molecule has 0 unspecified atom stereocenters. The molecule has 0 N–H and O–H groups in total. The van der Waals surface area contributed by atoms with Gasteiger partial charge in [-0.05, 0) is 12.8 Å². The molecule has 1 aromatic heterocycles. The van der Waals surface area contributed by atoms with E-state index in [0.717, 1.165) is 18.2 Å². The molecule has 0 bridgehead atoms. The van der Waals surface area contributed by atoms with Gasteiger partial charge in [0.25, 0.3) is 0 Å². The molecule has 0 radical (unpaired) electrons. The van der Waals surface area contributed by atoms with Crippen LogP contribution in [-0.2, 0) is 12.0 Å². The lowest BCUT2D eigenvalue weighted by Gasteiger charge is -2.20. The van der Waals surface area contributed by atoms with Crippen LogP contribution in [0.1, 0.15) is 46.3 Å². The lowest BCUT2D eigenvalue weighted by molar-refractivity contribution is 0.446. The Morgan fingerprint density at radius 1 is 1.21 bits per heavy atom. The summed E-state index contributed by atoms with van der Waals surface area (Å²) in [6.07, 6.45) is 0. The van der Waals surface area contributed by atoms with Crippen LogP contribution in [0.5, 0.6) is 0 Å². The topological polar surface area (TPSA) is 30.7 Å². The van der Waals surface area contributed by atoms with E-state index >= 15 is 0 Å². The molecule has 0 aliphatic carbocycles. The molecule has 0 aliphatic heterocycles. The lowest BCUT2D eigenvalue weighted by Crippen LogP contribution is -2.21. The fraction of sp³-hybridized carbons (Fsp3) is 0.818. The molecule has 0 saturated carbocycles. The summed E-state index contributed by atoms with van der Waals surface area (Å²) in [4.78, 5) is 0. The van der Waals surface area contributed by atoms with Gasteiger partial charge in [0.05, 0.1) is 0 Å². The molecular weight excluding hydrogens is 174 g/mol. The number of hydrogen-bond acceptors (Lipinski definition) is 2. The third kappa shape index (κ3) is 2.34. The zero-order valence-electron chi connectivity index (χ0n) is 10.1. The first kappa shape index (κ1) is 11.2. The standard InChI is InChI=1S/C11H21N3/c1-8(2)7-14-9(3)12-13-10(14)11(4,5)6/h8H,7H2,1-6H3. The maximum atomic E-state index is 4.25. The van der Waals surface area contributed by atoms with E-state index in [4.69, 9.17) is 0 Å². The number of nitrogens with zero attached hydrogens (tertiary/aromatic N) is 3. The highest BCUT2D eigenvalue weighted by molar-refractivity contribution is 5.05. The quantitative estimate of drug-likeness (QED) is 0.726. The Kier molecular flexibility index (Phi) is 2.98. The summed E-state index contributed by atoms with van der Waals surface area (Å²) in [6, 6.07) is 0. The zero-order valence-corrected chi connectivity index (χ0v) is 10.1. The maximum absolute atomic E-state index is 4.25. The molecule has 0 spiro atoms. The van der Waals surface area contributed by atoms with Crippen molar-refractivity contribution in [2.45, 2.75) is 53.5 Å². The van der Waals surface area contributed by atoms with Gasteiger partial charge in [0.1, 0.15) is 11.6 Å². The minimum absolute atomic E-state index is 0.0795. The van der Waals surface area contributed by atoms with Crippen LogP contribution in [0.4, 0.5) is 0 Å². The molecule has 0 aliphatic rings. The van der Waals surface area contributed by atoms with Crippen LogP contribution >= 0.6 is 0 Å². The molecule has 1 heterocycles. The highest BCUT2D eigenvalue weighted by atomic mass is 15.3. The molecule has 0 saturated heterocycles. The van der Waals surface area contributed by atoms with Gasteiger partial charge in [0, 0.05) is 12.0 Å². The predicted molar refractivity (Wildman–Crippen MR) is 58.3 cm³/mol. The van der Waals surface area contributed by atoms with E-state index < -0.39 is 0 Å². The molecule has 0 fully saturated rings. The summed E-state index contributed by atoms with van der Waals surface area (Å²) in [6.45, 7) is 14.0. The minimum Gasteiger partial charge on any atom is -0.315 e. The number of aromatic nitrogens is 3. The highest BCUT2D eigenvalue weighted by Gasteiger charge is 2.22. The van der Waals surface area contributed by atoms with Crippen molar-refractivity contribution >= 4 is 0 Å². The van der Waals surface area contributed by atoms with E-state index in [9.17, 15) is 0 Å². The van der Waals surface area contributed by atoms with Gasteiger partial charge < -0.3 is 4.57 Å². The third-order valence-electron chi connectivity index (χ3n) is 2.15. The van der Waals surface area contributed by atoms with E-state index in [-0.39, 0.29) is 5.41 Å². The van der Waals surface area contributed by atoms with Gasteiger partial charge in [0.15, 0.2) is 0 Å². The molecule has 0 atom stereocenters. The van der Waals surface area contributed by atoms with Gasteiger partial charge in [-0.15, -0.1) is 10.2 Å². The molecular formula is C11H21N3. The number of rotatable bonds is 2. The second-order valence-electron chi connectivity index (χ2n) is 5.33. The Bertz CT molecular complexity index is 305. The summed E-state index contributed by atoms with van der Waals surface area (Å²) in [5, 5.41) is 8.40. The summed E-state index contributed by atoms with van der Waals surface area (Å²) in [7, 11) is 0. The average molecular weight is 195 g/mol. The van der Waals surface area contributed by atoms with Crippen molar-refractivity contribution in [3.8, 4) is 0 Å². The molecule has 80 valence electrons. The maximum Gasteiger partial charge on any atom is 0.138 e. The molecule has 0 aromatic carbocycles. The fourth-order valence-electron chi connectivity index (χ4n) is 1.52. The molecule has 3 nitrogen and oxygen atoms in total. The summed E-state index contributed by atoms with van der Waals surface area (Å²) in [5.74, 6) is 2.73. The first-order valence-electron chi connectivity index (χ1n) is 5.22.